The summed E-state index contributed by atoms with van der Waals surface area (Å²) in [4.78, 5) is 15.1. The third-order valence-electron chi connectivity index (χ3n) is 2.83. The minimum atomic E-state index is -4.58. The largest absolute Gasteiger partial charge is 0.465 e. The number of carbonyl (C=O) groups is 1. The van der Waals surface area contributed by atoms with Gasteiger partial charge in [0.15, 0.2) is 0 Å². The molecule has 1 heterocycles. The quantitative estimate of drug-likeness (QED) is 0.865. The number of nitrogens with zero attached hydrogens (tertiary/aromatic N) is 1. The second kappa shape index (κ2) is 5.43. The number of benzene rings is 1. The Morgan fingerprint density at radius 2 is 2.00 bits per heavy atom. The fourth-order valence-corrected chi connectivity index (χ4v) is 1.87. The summed E-state index contributed by atoms with van der Waals surface area (Å²) >= 11 is 0. The van der Waals surface area contributed by atoms with E-state index in [2.05, 4.69) is 9.72 Å². The molecule has 0 radical (unpaired) electrons. The summed E-state index contributed by atoms with van der Waals surface area (Å²) in [5.41, 5.74) is 4.62. The first-order valence-corrected chi connectivity index (χ1v) is 5.84. The maximum Gasteiger partial charge on any atom is 0.417 e. The van der Waals surface area contributed by atoms with Crippen LogP contribution >= 0.6 is 0 Å². The van der Waals surface area contributed by atoms with Gasteiger partial charge in [0.2, 0.25) is 0 Å². The van der Waals surface area contributed by atoms with Gasteiger partial charge in [0.05, 0.1) is 18.2 Å². The zero-order chi connectivity index (χ0) is 15.6. The van der Waals surface area contributed by atoms with Crippen LogP contribution in [0.25, 0.3) is 11.1 Å². The highest BCUT2D eigenvalue weighted by Gasteiger charge is 2.34. The summed E-state index contributed by atoms with van der Waals surface area (Å²) in [6, 6.07) is 6.45. The monoisotopic (exact) mass is 296 g/mol. The zero-order valence-electron chi connectivity index (χ0n) is 10.9. The number of esters is 1. The highest BCUT2D eigenvalue weighted by molar-refractivity contribution is 5.91. The van der Waals surface area contributed by atoms with Gasteiger partial charge in [0.1, 0.15) is 5.82 Å². The van der Waals surface area contributed by atoms with Gasteiger partial charge in [-0.05, 0) is 23.8 Å². The summed E-state index contributed by atoms with van der Waals surface area (Å²) < 4.78 is 43.7. The number of ether oxygens (including phenoxy) is 1. The number of hydrogen-bond donors (Lipinski definition) is 1. The number of carbonyl (C=O) groups excluding carboxylic acids is 1. The Morgan fingerprint density at radius 3 is 2.62 bits per heavy atom. The number of pyridine rings is 1. The van der Waals surface area contributed by atoms with Gasteiger partial charge in [-0.2, -0.15) is 13.2 Å². The van der Waals surface area contributed by atoms with Gasteiger partial charge in [0, 0.05) is 11.8 Å². The Kier molecular flexibility index (Phi) is 3.84. The van der Waals surface area contributed by atoms with Crippen molar-refractivity contribution in [3.63, 3.8) is 0 Å². The minimum Gasteiger partial charge on any atom is -0.465 e. The molecule has 2 rings (SSSR count). The van der Waals surface area contributed by atoms with Gasteiger partial charge in [-0.1, -0.05) is 12.1 Å². The molecule has 0 amide bonds. The predicted molar refractivity (Wildman–Crippen MR) is 70.4 cm³/mol. The van der Waals surface area contributed by atoms with Crippen LogP contribution in [0, 0.1) is 0 Å². The molecule has 2 aromatic rings. The topological polar surface area (TPSA) is 65.2 Å². The van der Waals surface area contributed by atoms with Crippen LogP contribution in [-0.2, 0) is 10.9 Å². The molecule has 0 saturated carbocycles. The third kappa shape index (κ3) is 3.13. The Bertz CT molecular complexity index is 684. The second-order valence-electron chi connectivity index (χ2n) is 4.22. The molecule has 1 aromatic carbocycles. The molecule has 7 heteroatoms. The average Bonchev–Trinajstić information content (AvgIpc) is 2.45. The summed E-state index contributed by atoms with van der Waals surface area (Å²) in [6.07, 6.45) is -3.54. The van der Waals surface area contributed by atoms with E-state index in [-0.39, 0.29) is 22.5 Å². The summed E-state index contributed by atoms with van der Waals surface area (Å²) in [7, 11) is 1.20. The molecule has 0 spiro atoms. The Balaban J connectivity index is 2.60. The van der Waals surface area contributed by atoms with E-state index in [9.17, 15) is 18.0 Å². The molecule has 0 fully saturated rings. The number of hydrogen-bond acceptors (Lipinski definition) is 4. The Morgan fingerprint density at radius 1 is 1.29 bits per heavy atom. The fraction of sp³-hybridized carbons (Fsp3) is 0.143. The number of rotatable bonds is 2. The number of alkyl halides is 3. The molecule has 110 valence electrons. The minimum absolute atomic E-state index is 0.151. The summed E-state index contributed by atoms with van der Waals surface area (Å²) in [5, 5.41) is 0. The molecular formula is C14H11F3N2O2. The van der Waals surface area contributed by atoms with Crippen molar-refractivity contribution in [2.75, 3.05) is 12.8 Å². The summed E-state index contributed by atoms with van der Waals surface area (Å²) in [6.45, 7) is 0. The van der Waals surface area contributed by atoms with Crippen molar-refractivity contribution in [1.82, 2.24) is 4.98 Å². The van der Waals surface area contributed by atoms with Crippen LogP contribution in [-0.4, -0.2) is 18.1 Å². The van der Waals surface area contributed by atoms with E-state index in [1.807, 2.05) is 0 Å². The molecule has 0 atom stereocenters. The van der Waals surface area contributed by atoms with E-state index in [1.165, 1.54) is 31.4 Å². The maximum atomic E-state index is 13.1. The van der Waals surface area contributed by atoms with Gasteiger partial charge in [-0.15, -0.1) is 0 Å². The number of halogens is 3. The first kappa shape index (κ1) is 14.8. The number of nitrogens with two attached hydrogens (primary N) is 1. The van der Waals surface area contributed by atoms with Crippen LogP contribution in [0.1, 0.15) is 15.9 Å². The van der Waals surface area contributed by atoms with E-state index >= 15 is 0 Å². The van der Waals surface area contributed by atoms with E-state index in [0.717, 1.165) is 12.3 Å². The van der Waals surface area contributed by atoms with Crippen molar-refractivity contribution < 1.29 is 22.7 Å². The zero-order valence-corrected chi connectivity index (χ0v) is 10.9. The molecule has 0 bridgehead atoms. The molecular weight excluding hydrogens is 285 g/mol. The number of nitrogen functional groups attached to an aromatic ring is 1. The first-order chi connectivity index (χ1) is 9.82. The van der Waals surface area contributed by atoms with Crippen molar-refractivity contribution in [3.8, 4) is 11.1 Å². The van der Waals surface area contributed by atoms with Crippen LogP contribution in [0.3, 0.4) is 0 Å². The molecule has 21 heavy (non-hydrogen) atoms. The van der Waals surface area contributed by atoms with Gasteiger partial charge >= 0.3 is 12.1 Å². The van der Waals surface area contributed by atoms with Crippen LogP contribution in [0.4, 0.5) is 19.0 Å². The number of aromatic nitrogens is 1. The second-order valence-corrected chi connectivity index (χ2v) is 4.22. The molecule has 0 unspecified atom stereocenters. The first-order valence-electron chi connectivity index (χ1n) is 5.84. The third-order valence-corrected chi connectivity index (χ3v) is 2.83. The van der Waals surface area contributed by atoms with E-state index in [4.69, 9.17) is 5.73 Å². The van der Waals surface area contributed by atoms with Crippen LogP contribution in [0.5, 0.6) is 0 Å². The SMILES string of the molecule is COC(=O)c1cccc(-c2cnc(N)cc2C(F)(F)F)c1. The maximum absolute atomic E-state index is 13.1. The number of anilines is 1. The highest BCUT2D eigenvalue weighted by Crippen LogP contribution is 2.37. The van der Waals surface area contributed by atoms with Gasteiger partial charge in [-0.25, -0.2) is 9.78 Å². The lowest BCUT2D eigenvalue weighted by molar-refractivity contribution is -0.137. The average molecular weight is 296 g/mol. The number of methoxy groups -OCH3 is 1. The smallest absolute Gasteiger partial charge is 0.417 e. The molecule has 4 nitrogen and oxygen atoms in total. The molecule has 1 aromatic heterocycles. The lowest BCUT2D eigenvalue weighted by Gasteiger charge is -2.13. The van der Waals surface area contributed by atoms with E-state index in [1.54, 1.807) is 0 Å². The van der Waals surface area contributed by atoms with Crippen LogP contribution < -0.4 is 5.73 Å². The predicted octanol–water partition coefficient (Wildman–Crippen LogP) is 3.14. The Hall–Kier alpha value is -2.57. The normalized spacial score (nSPS) is 11.2. The van der Waals surface area contributed by atoms with Crippen molar-refractivity contribution in [2.45, 2.75) is 6.18 Å². The summed E-state index contributed by atoms with van der Waals surface area (Å²) in [5.74, 6) is -0.857. The fourth-order valence-electron chi connectivity index (χ4n) is 1.87. The van der Waals surface area contributed by atoms with Gasteiger partial charge in [0.25, 0.3) is 0 Å². The molecule has 2 N–H and O–H groups in total. The molecule has 0 aliphatic rings. The lowest BCUT2D eigenvalue weighted by atomic mass is 9.99. The van der Waals surface area contributed by atoms with E-state index in [0.29, 0.717) is 0 Å². The van der Waals surface area contributed by atoms with Gasteiger partial charge in [-0.3, -0.25) is 0 Å². The molecule has 0 aliphatic carbocycles. The lowest BCUT2D eigenvalue weighted by Crippen LogP contribution is -2.09. The molecule has 0 saturated heterocycles. The van der Waals surface area contributed by atoms with Crippen LogP contribution in [0.15, 0.2) is 36.5 Å². The van der Waals surface area contributed by atoms with E-state index < -0.39 is 17.7 Å². The van der Waals surface area contributed by atoms with Crippen LogP contribution in [0.2, 0.25) is 0 Å². The van der Waals surface area contributed by atoms with Crippen molar-refractivity contribution in [1.29, 1.82) is 0 Å². The standard InChI is InChI=1S/C14H11F3N2O2/c1-21-13(20)9-4-2-3-8(5-9)10-7-19-12(18)6-11(10)14(15,16)17/h2-7H,1H3,(H2,18,19). The van der Waals surface area contributed by atoms with Crippen molar-refractivity contribution >= 4 is 11.8 Å². The van der Waals surface area contributed by atoms with Crippen molar-refractivity contribution in [3.05, 3.63) is 47.7 Å². The van der Waals surface area contributed by atoms with Crippen molar-refractivity contribution in [2.24, 2.45) is 0 Å². The molecule has 0 aliphatic heterocycles. The van der Waals surface area contributed by atoms with Gasteiger partial charge < -0.3 is 10.5 Å². The Labute approximate surface area is 118 Å². The highest BCUT2D eigenvalue weighted by atomic mass is 19.4.